The molecule has 0 saturated heterocycles. The SMILES string of the molecule is Cc1ccc(C(N)C(C)Sc2nnc(C)s2)cc1. The first-order chi connectivity index (χ1) is 8.56. The third-order valence-corrected chi connectivity index (χ3v) is 4.88. The van der Waals surface area contributed by atoms with Crippen LogP contribution in [-0.4, -0.2) is 15.4 Å². The second-order valence-electron chi connectivity index (χ2n) is 4.35. The minimum Gasteiger partial charge on any atom is -0.323 e. The van der Waals surface area contributed by atoms with E-state index in [1.165, 1.54) is 11.1 Å². The van der Waals surface area contributed by atoms with E-state index < -0.39 is 0 Å². The topological polar surface area (TPSA) is 51.8 Å². The van der Waals surface area contributed by atoms with E-state index in [-0.39, 0.29) is 11.3 Å². The molecule has 2 unspecified atom stereocenters. The Labute approximate surface area is 116 Å². The van der Waals surface area contributed by atoms with Crippen LogP contribution in [0.4, 0.5) is 0 Å². The number of nitrogens with two attached hydrogens (primary N) is 1. The number of nitrogens with zero attached hydrogens (tertiary/aromatic N) is 2. The molecule has 1 heterocycles. The van der Waals surface area contributed by atoms with Gasteiger partial charge in [0.25, 0.3) is 0 Å². The van der Waals surface area contributed by atoms with Gasteiger partial charge < -0.3 is 5.73 Å². The summed E-state index contributed by atoms with van der Waals surface area (Å²) in [5.41, 5.74) is 8.70. The average molecular weight is 279 g/mol. The van der Waals surface area contributed by atoms with Gasteiger partial charge in [0.15, 0.2) is 4.34 Å². The standard InChI is InChI=1S/C13H17N3S2/c1-8-4-6-11(7-5-8)12(14)9(2)17-13-16-15-10(3)18-13/h4-7,9,12H,14H2,1-3H3. The molecule has 0 aliphatic rings. The van der Waals surface area contributed by atoms with Crippen LogP contribution in [-0.2, 0) is 0 Å². The van der Waals surface area contributed by atoms with Crippen molar-refractivity contribution < 1.29 is 0 Å². The van der Waals surface area contributed by atoms with Crippen LogP contribution in [0.2, 0.25) is 0 Å². The Balaban J connectivity index is 2.04. The highest BCUT2D eigenvalue weighted by atomic mass is 32.2. The van der Waals surface area contributed by atoms with Crippen molar-refractivity contribution in [3.63, 3.8) is 0 Å². The monoisotopic (exact) mass is 279 g/mol. The number of aromatic nitrogens is 2. The number of hydrogen-bond acceptors (Lipinski definition) is 5. The maximum Gasteiger partial charge on any atom is 0.174 e. The van der Waals surface area contributed by atoms with Gasteiger partial charge in [-0.15, -0.1) is 10.2 Å². The van der Waals surface area contributed by atoms with Crippen molar-refractivity contribution in [1.29, 1.82) is 0 Å². The maximum absolute atomic E-state index is 6.28. The zero-order valence-electron chi connectivity index (χ0n) is 10.8. The van der Waals surface area contributed by atoms with E-state index >= 15 is 0 Å². The highest BCUT2D eigenvalue weighted by molar-refractivity contribution is 8.01. The maximum atomic E-state index is 6.28. The second-order valence-corrected chi connectivity index (χ2v) is 7.15. The van der Waals surface area contributed by atoms with Gasteiger partial charge >= 0.3 is 0 Å². The molecule has 2 aromatic rings. The molecule has 0 aliphatic carbocycles. The fourth-order valence-corrected chi connectivity index (χ4v) is 3.75. The molecule has 0 aliphatic heterocycles. The molecule has 1 aromatic heterocycles. The first kappa shape index (κ1) is 13.5. The van der Waals surface area contributed by atoms with Crippen molar-refractivity contribution in [3.8, 4) is 0 Å². The Morgan fingerprint density at radius 1 is 1.17 bits per heavy atom. The van der Waals surface area contributed by atoms with E-state index in [2.05, 4.69) is 48.3 Å². The van der Waals surface area contributed by atoms with E-state index in [1.807, 2.05) is 6.92 Å². The molecule has 0 bridgehead atoms. The lowest BCUT2D eigenvalue weighted by Gasteiger charge is -2.18. The molecule has 0 spiro atoms. The molecule has 0 amide bonds. The van der Waals surface area contributed by atoms with E-state index in [9.17, 15) is 0 Å². The zero-order valence-corrected chi connectivity index (χ0v) is 12.4. The summed E-state index contributed by atoms with van der Waals surface area (Å²) >= 11 is 3.31. The summed E-state index contributed by atoms with van der Waals surface area (Å²) < 4.78 is 0.988. The molecule has 2 atom stereocenters. The normalized spacial score (nSPS) is 14.4. The van der Waals surface area contributed by atoms with Gasteiger partial charge in [-0.05, 0) is 19.4 Å². The summed E-state index contributed by atoms with van der Waals surface area (Å²) in [5, 5.41) is 9.41. The first-order valence-electron chi connectivity index (χ1n) is 5.85. The lowest BCUT2D eigenvalue weighted by Crippen LogP contribution is -2.20. The molecule has 18 heavy (non-hydrogen) atoms. The van der Waals surface area contributed by atoms with Gasteiger partial charge in [0, 0.05) is 11.3 Å². The molecule has 2 rings (SSSR count). The zero-order chi connectivity index (χ0) is 13.1. The summed E-state index contributed by atoms with van der Waals surface area (Å²) in [6.45, 7) is 6.18. The van der Waals surface area contributed by atoms with Gasteiger partial charge in [-0.25, -0.2) is 0 Å². The van der Waals surface area contributed by atoms with Gasteiger partial charge in [-0.2, -0.15) is 0 Å². The Kier molecular flexibility index (Phi) is 4.37. The Morgan fingerprint density at radius 3 is 2.39 bits per heavy atom. The lowest BCUT2D eigenvalue weighted by atomic mass is 10.0. The smallest absolute Gasteiger partial charge is 0.174 e. The van der Waals surface area contributed by atoms with Gasteiger partial charge in [0.1, 0.15) is 5.01 Å². The minimum atomic E-state index is 0.0137. The van der Waals surface area contributed by atoms with E-state index in [0.29, 0.717) is 0 Å². The number of hydrogen-bond donors (Lipinski definition) is 1. The molecule has 96 valence electrons. The fraction of sp³-hybridized carbons (Fsp3) is 0.385. The molecule has 0 fully saturated rings. The largest absolute Gasteiger partial charge is 0.323 e. The van der Waals surface area contributed by atoms with Crippen molar-refractivity contribution in [1.82, 2.24) is 10.2 Å². The summed E-state index contributed by atoms with van der Waals surface area (Å²) in [7, 11) is 0. The Bertz CT molecular complexity index is 507. The van der Waals surface area contributed by atoms with Crippen molar-refractivity contribution in [2.45, 2.75) is 36.4 Å². The van der Waals surface area contributed by atoms with Gasteiger partial charge in [-0.3, -0.25) is 0 Å². The molecule has 1 aromatic carbocycles. The number of thioether (sulfide) groups is 1. The number of benzene rings is 1. The van der Waals surface area contributed by atoms with Crippen LogP contribution in [0, 0.1) is 13.8 Å². The molecule has 5 heteroatoms. The second kappa shape index (κ2) is 5.82. The quantitative estimate of drug-likeness (QED) is 0.872. The number of rotatable bonds is 4. The summed E-state index contributed by atoms with van der Waals surface area (Å²) in [4.78, 5) is 0. The minimum absolute atomic E-state index is 0.0137. The van der Waals surface area contributed by atoms with Crippen LogP contribution in [0.15, 0.2) is 28.6 Å². The highest BCUT2D eigenvalue weighted by Crippen LogP contribution is 2.32. The third kappa shape index (κ3) is 3.31. The van der Waals surface area contributed by atoms with Gasteiger partial charge in [0.05, 0.1) is 0 Å². The molecular formula is C13H17N3S2. The van der Waals surface area contributed by atoms with Crippen LogP contribution in [0.3, 0.4) is 0 Å². The third-order valence-electron chi connectivity index (χ3n) is 2.76. The summed E-state index contributed by atoms with van der Waals surface area (Å²) in [6.07, 6.45) is 0. The summed E-state index contributed by atoms with van der Waals surface area (Å²) in [5.74, 6) is 0. The molecular weight excluding hydrogens is 262 g/mol. The van der Waals surface area contributed by atoms with Crippen molar-refractivity contribution in [3.05, 3.63) is 40.4 Å². The highest BCUT2D eigenvalue weighted by Gasteiger charge is 2.17. The van der Waals surface area contributed by atoms with Gasteiger partial charge in [0.2, 0.25) is 0 Å². The molecule has 3 nitrogen and oxygen atoms in total. The lowest BCUT2D eigenvalue weighted by molar-refractivity contribution is 0.714. The van der Waals surface area contributed by atoms with Crippen LogP contribution in [0.25, 0.3) is 0 Å². The van der Waals surface area contributed by atoms with E-state index in [4.69, 9.17) is 5.73 Å². The molecule has 0 saturated carbocycles. The van der Waals surface area contributed by atoms with Crippen molar-refractivity contribution in [2.24, 2.45) is 5.73 Å². The first-order valence-corrected chi connectivity index (χ1v) is 7.55. The Morgan fingerprint density at radius 2 is 1.83 bits per heavy atom. The molecule has 2 N–H and O–H groups in total. The van der Waals surface area contributed by atoms with Crippen LogP contribution < -0.4 is 5.73 Å². The van der Waals surface area contributed by atoms with Crippen molar-refractivity contribution >= 4 is 23.1 Å². The van der Waals surface area contributed by atoms with Crippen LogP contribution in [0.5, 0.6) is 0 Å². The molecule has 0 radical (unpaired) electrons. The van der Waals surface area contributed by atoms with E-state index in [0.717, 1.165) is 9.35 Å². The summed E-state index contributed by atoms with van der Waals surface area (Å²) in [6, 6.07) is 8.41. The van der Waals surface area contributed by atoms with Crippen LogP contribution in [0.1, 0.15) is 29.1 Å². The average Bonchev–Trinajstić information content (AvgIpc) is 2.75. The fourth-order valence-electron chi connectivity index (χ4n) is 1.62. The van der Waals surface area contributed by atoms with Crippen LogP contribution >= 0.6 is 23.1 Å². The van der Waals surface area contributed by atoms with Crippen molar-refractivity contribution in [2.75, 3.05) is 0 Å². The van der Waals surface area contributed by atoms with E-state index in [1.54, 1.807) is 23.1 Å². The predicted octanol–water partition coefficient (Wildman–Crippen LogP) is 3.34. The number of aryl methyl sites for hydroxylation is 2. The van der Waals surface area contributed by atoms with Gasteiger partial charge in [-0.1, -0.05) is 59.9 Å². The predicted molar refractivity (Wildman–Crippen MR) is 78.1 cm³/mol. The Hall–Kier alpha value is -0.910.